The highest BCUT2D eigenvalue weighted by Gasteiger charge is 2.21. The van der Waals surface area contributed by atoms with Crippen LogP contribution in [0.25, 0.3) is 11.8 Å². The minimum atomic E-state index is 1.03. The smallest absolute Gasteiger partial charge is 0.106 e. The fourth-order valence-corrected chi connectivity index (χ4v) is 3.10. The van der Waals surface area contributed by atoms with Gasteiger partial charge in [-0.15, -0.1) is 11.3 Å². The molecule has 3 nitrogen and oxygen atoms in total. The minimum absolute atomic E-state index is 1.03. The zero-order chi connectivity index (χ0) is 11.8. The first-order chi connectivity index (χ1) is 8.24. The maximum absolute atomic E-state index is 4.11. The van der Waals surface area contributed by atoms with Crippen LogP contribution in [0.4, 0.5) is 0 Å². The van der Waals surface area contributed by atoms with E-state index in [2.05, 4.69) is 46.3 Å². The van der Waals surface area contributed by atoms with E-state index in [1.165, 1.54) is 16.3 Å². The molecular formula is C13H17N3S. The summed E-state index contributed by atoms with van der Waals surface area (Å²) in [5, 5.41) is 5.55. The third kappa shape index (κ3) is 1.98. The average Bonchev–Trinajstić information content (AvgIpc) is 2.78. The third-order valence-corrected chi connectivity index (χ3v) is 4.37. The van der Waals surface area contributed by atoms with E-state index in [4.69, 9.17) is 0 Å². The van der Waals surface area contributed by atoms with Crippen molar-refractivity contribution >= 4 is 23.1 Å². The predicted octanol–water partition coefficient (Wildman–Crippen LogP) is 1.87. The molecule has 0 saturated carbocycles. The third-order valence-electron chi connectivity index (χ3n) is 3.38. The van der Waals surface area contributed by atoms with Crippen LogP contribution in [0.2, 0.25) is 0 Å². The normalized spacial score (nSPS) is 20.9. The lowest BCUT2D eigenvalue weighted by Crippen LogP contribution is -2.46. The van der Waals surface area contributed by atoms with Gasteiger partial charge in [-0.05, 0) is 30.1 Å². The van der Waals surface area contributed by atoms with Crippen LogP contribution in [0.3, 0.4) is 0 Å². The zero-order valence-electron chi connectivity index (χ0n) is 10.1. The Morgan fingerprint density at radius 1 is 1.29 bits per heavy atom. The number of thiophene rings is 1. The molecule has 0 amide bonds. The van der Waals surface area contributed by atoms with Gasteiger partial charge in [0.2, 0.25) is 0 Å². The molecule has 0 bridgehead atoms. The second-order valence-electron chi connectivity index (χ2n) is 4.63. The van der Waals surface area contributed by atoms with Crippen molar-refractivity contribution < 1.29 is 0 Å². The van der Waals surface area contributed by atoms with Crippen LogP contribution in [-0.4, -0.2) is 43.0 Å². The molecule has 90 valence electrons. The highest BCUT2D eigenvalue weighted by atomic mass is 32.1. The lowest BCUT2D eigenvalue weighted by atomic mass is 10.1. The summed E-state index contributed by atoms with van der Waals surface area (Å²) in [4.78, 5) is 6.04. The number of fused-ring (bicyclic) bond motifs is 1. The number of nitrogens with zero attached hydrogens (tertiary/aromatic N) is 2. The largest absolute Gasteiger partial charge is 0.356 e. The summed E-state index contributed by atoms with van der Waals surface area (Å²) in [5.41, 5.74) is 2.33. The number of piperazine rings is 1. The summed E-state index contributed by atoms with van der Waals surface area (Å²) in [5.74, 6) is 1.20. The quantitative estimate of drug-likeness (QED) is 0.817. The van der Waals surface area contributed by atoms with Crippen molar-refractivity contribution in [3.63, 3.8) is 0 Å². The summed E-state index contributed by atoms with van der Waals surface area (Å²) in [7, 11) is 2.18. The first-order valence-electron chi connectivity index (χ1n) is 5.93. The van der Waals surface area contributed by atoms with Crippen LogP contribution in [0.5, 0.6) is 0 Å². The molecule has 0 unspecified atom stereocenters. The number of hydrogen-bond acceptors (Lipinski definition) is 4. The van der Waals surface area contributed by atoms with Crippen molar-refractivity contribution in [2.24, 2.45) is 0 Å². The Labute approximate surface area is 106 Å². The van der Waals surface area contributed by atoms with Gasteiger partial charge in [0.15, 0.2) is 0 Å². The van der Waals surface area contributed by atoms with Crippen LogP contribution in [0.1, 0.15) is 10.4 Å². The van der Waals surface area contributed by atoms with E-state index in [1.807, 2.05) is 0 Å². The topological polar surface area (TPSA) is 18.5 Å². The van der Waals surface area contributed by atoms with Crippen LogP contribution < -0.4 is 5.32 Å². The van der Waals surface area contributed by atoms with E-state index in [0.29, 0.717) is 0 Å². The van der Waals surface area contributed by atoms with Crippen molar-refractivity contribution in [1.82, 2.24) is 15.1 Å². The SMILES string of the molecule is C=C1NC(N2CCN(C)CC2)=Cc2ccsc21. The van der Waals surface area contributed by atoms with E-state index >= 15 is 0 Å². The van der Waals surface area contributed by atoms with Gasteiger partial charge in [0.25, 0.3) is 0 Å². The molecular weight excluding hydrogens is 230 g/mol. The fourth-order valence-electron chi connectivity index (χ4n) is 2.29. The van der Waals surface area contributed by atoms with Gasteiger partial charge in [-0.1, -0.05) is 6.58 Å². The fraction of sp³-hybridized carbons (Fsp3) is 0.385. The van der Waals surface area contributed by atoms with Crippen molar-refractivity contribution in [3.8, 4) is 0 Å². The second-order valence-corrected chi connectivity index (χ2v) is 5.54. The van der Waals surface area contributed by atoms with E-state index in [1.54, 1.807) is 11.3 Å². The summed E-state index contributed by atoms with van der Waals surface area (Å²) >= 11 is 1.75. The Morgan fingerprint density at radius 2 is 2.06 bits per heavy atom. The van der Waals surface area contributed by atoms with Crippen LogP contribution >= 0.6 is 11.3 Å². The molecule has 4 heteroatoms. The van der Waals surface area contributed by atoms with Gasteiger partial charge in [0.1, 0.15) is 5.82 Å². The lowest BCUT2D eigenvalue weighted by Gasteiger charge is -2.37. The van der Waals surface area contributed by atoms with Crippen LogP contribution in [0, 0.1) is 0 Å². The van der Waals surface area contributed by atoms with Crippen molar-refractivity contribution in [2.75, 3.05) is 33.2 Å². The van der Waals surface area contributed by atoms with Gasteiger partial charge in [0.05, 0.1) is 10.6 Å². The van der Waals surface area contributed by atoms with Gasteiger partial charge < -0.3 is 15.1 Å². The molecule has 0 aromatic carbocycles. The maximum Gasteiger partial charge on any atom is 0.106 e. The van der Waals surface area contributed by atoms with Crippen molar-refractivity contribution in [3.05, 3.63) is 34.3 Å². The molecule has 1 fully saturated rings. The summed E-state index contributed by atoms with van der Waals surface area (Å²) in [6.45, 7) is 8.53. The summed E-state index contributed by atoms with van der Waals surface area (Å²) in [6.07, 6.45) is 2.24. The number of hydrogen-bond donors (Lipinski definition) is 1. The van der Waals surface area contributed by atoms with E-state index in [0.717, 1.165) is 31.9 Å². The first-order valence-corrected chi connectivity index (χ1v) is 6.81. The minimum Gasteiger partial charge on any atom is -0.356 e. The van der Waals surface area contributed by atoms with Crippen LogP contribution in [0.15, 0.2) is 23.8 Å². The molecule has 1 aromatic rings. The second kappa shape index (κ2) is 4.20. The Balaban J connectivity index is 1.84. The average molecular weight is 247 g/mol. The van der Waals surface area contributed by atoms with E-state index in [9.17, 15) is 0 Å². The van der Waals surface area contributed by atoms with Crippen molar-refractivity contribution in [2.45, 2.75) is 0 Å². The molecule has 0 radical (unpaired) electrons. The molecule has 1 aromatic heterocycles. The molecule has 17 heavy (non-hydrogen) atoms. The Morgan fingerprint density at radius 3 is 2.82 bits per heavy atom. The molecule has 0 aliphatic carbocycles. The molecule has 2 aliphatic heterocycles. The molecule has 0 atom stereocenters. The lowest BCUT2D eigenvalue weighted by molar-refractivity contribution is 0.182. The standard InChI is InChI=1S/C13H17N3S/c1-10-13-11(3-8-17-13)9-12(14-10)16-6-4-15(2)5-7-16/h3,8-9,14H,1,4-7H2,2H3. The van der Waals surface area contributed by atoms with Gasteiger partial charge in [-0.3, -0.25) is 0 Å². The van der Waals surface area contributed by atoms with Gasteiger partial charge in [0, 0.05) is 26.2 Å². The molecule has 0 spiro atoms. The first kappa shape index (κ1) is 10.9. The highest BCUT2D eigenvalue weighted by Crippen LogP contribution is 2.30. The van der Waals surface area contributed by atoms with E-state index in [-0.39, 0.29) is 0 Å². The molecule has 3 rings (SSSR count). The van der Waals surface area contributed by atoms with Gasteiger partial charge in [-0.25, -0.2) is 0 Å². The number of nitrogens with one attached hydrogen (secondary N) is 1. The molecule has 1 saturated heterocycles. The zero-order valence-corrected chi connectivity index (χ0v) is 10.9. The predicted molar refractivity (Wildman–Crippen MR) is 73.5 cm³/mol. The van der Waals surface area contributed by atoms with E-state index < -0.39 is 0 Å². The summed E-state index contributed by atoms with van der Waals surface area (Å²) < 4.78 is 0. The molecule has 2 aliphatic rings. The van der Waals surface area contributed by atoms with Gasteiger partial charge >= 0.3 is 0 Å². The number of likely N-dealkylation sites (N-methyl/N-ethyl adjacent to an activating group) is 1. The van der Waals surface area contributed by atoms with Crippen LogP contribution in [-0.2, 0) is 0 Å². The van der Waals surface area contributed by atoms with Gasteiger partial charge in [-0.2, -0.15) is 0 Å². The Hall–Kier alpha value is -1.26. The number of rotatable bonds is 1. The highest BCUT2D eigenvalue weighted by molar-refractivity contribution is 7.11. The Bertz CT molecular complexity index is 467. The Kier molecular flexibility index (Phi) is 2.68. The molecule has 3 heterocycles. The molecule has 1 N–H and O–H groups in total. The summed E-state index contributed by atoms with van der Waals surface area (Å²) in [6, 6.07) is 2.17. The maximum atomic E-state index is 4.11. The van der Waals surface area contributed by atoms with Crippen molar-refractivity contribution in [1.29, 1.82) is 0 Å². The monoisotopic (exact) mass is 247 g/mol.